The Morgan fingerprint density at radius 2 is 2.25 bits per heavy atom. The number of rotatable bonds is 2. The second-order valence-electron chi connectivity index (χ2n) is 4.98. The van der Waals surface area contributed by atoms with Crippen molar-refractivity contribution in [2.45, 2.75) is 32.2 Å². The Bertz CT molecular complexity index is 362. The number of nitrogens with two attached hydrogens (primary N) is 1. The predicted molar refractivity (Wildman–Crippen MR) is 70.0 cm³/mol. The number of aromatic nitrogens is 1. The molecule has 0 unspecified atom stereocenters. The van der Waals surface area contributed by atoms with Gasteiger partial charge in [-0.05, 0) is 31.2 Å². The van der Waals surface area contributed by atoms with Crippen LogP contribution in [0.5, 0.6) is 0 Å². The van der Waals surface area contributed by atoms with Crippen molar-refractivity contribution in [3.05, 3.63) is 11.1 Å². The molecule has 0 radical (unpaired) electrons. The lowest BCUT2D eigenvalue weighted by atomic mass is 9.68. The maximum atomic E-state index is 5.63. The van der Waals surface area contributed by atoms with Gasteiger partial charge in [0.25, 0.3) is 0 Å². The summed E-state index contributed by atoms with van der Waals surface area (Å²) in [4.78, 5) is 7.97. The summed E-state index contributed by atoms with van der Waals surface area (Å²) < 4.78 is 0. The summed E-state index contributed by atoms with van der Waals surface area (Å²) in [6.07, 6.45) is 7.68. The minimum absolute atomic E-state index is 0. The zero-order chi connectivity index (χ0) is 10.3. The summed E-state index contributed by atoms with van der Waals surface area (Å²) >= 11 is 1.63. The van der Waals surface area contributed by atoms with Crippen molar-refractivity contribution in [1.29, 1.82) is 0 Å². The molecule has 1 aromatic rings. The lowest BCUT2D eigenvalue weighted by Gasteiger charge is -2.38. The molecule has 1 aliphatic heterocycles. The van der Waals surface area contributed by atoms with E-state index in [0.29, 0.717) is 10.5 Å². The first-order valence-corrected chi connectivity index (χ1v) is 6.50. The molecule has 1 aliphatic carbocycles. The fourth-order valence-electron chi connectivity index (χ4n) is 2.86. The standard InChI is InChI=1S/C11H17N3S.ClH/c12-10-13-6-9(15-10)7-14-5-4-11(8-14)2-1-3-11;/h6H,1-5,7-8H2,(H2,12,13);1H. The topological polar surface area (TPSA) is 42.1 Å². The summed E-state index contributed by atoms with van der Waals surface area (Å²) in [6, 6.07) is 0. The van der Waals surface area contributed by atoms with E-state index in [9.17, 15) is 0 Å². The molecule has 0 amide bonds. The van der Waals surface area contributed by atoms with Crippen LogP contribution in [0.4, 0.5) is 5.13 Å². The fourth-order valence-corrected chi connectivity index (χ4v) is 3.59. The van der Waals surface area contributed by atoms with Crippen LogP contribution in [-0.2, 0) is 6.54 Å². The van der Waals surface area contributed by atoms with E-state index in [1.165, 1.54) is 43.6 Å². The van der Waals surface area contributed by atoms with Crippen molar-refractivity contribution >= 4 is 28.9 Å². The van der Waals surface area contributed by atoms with E-state index >= 15 is 0 Å². The van der Waals surface area contributed by atoms with Crippen LogP contribution in [0.15, 0.2) is 6.20 Å². The van der Waals surface area contributed by atoms with Crippen LogP contribution in [0.3, 0.4) is 0 Å². The van der Waals surface area contributed by atoms with Crippen LogP contribution in [-0.4, -0.2) is 23.0 Å². The van der Waals surface area contributed by atoms with Crippen LogP contribution in [0.25, 0.3) is 0 Å². The average molecular weight is 260 g/mol. The first-order chi connectivity index (χ1) is 7.26. The fraction of sp³-hybridized carbons (Fsp3) is 0.727. The molecule has 0 aromatic carbocycles. The van der Waals surface area contributed by atoms with Crippen LogP contribution >= 0.6 is 23.7 Å². The normalized spacial score (nSPS) is 23.0. The van der Waals surface area contributed by atoms with Crippen molar-refractivity contribution < 1.29 is 0 Å². The van der Waals surface area contributed by atoms with Gasteiger partial charge in [-0.3, -0.25) is 4.90 Å². The highest BCUT2D eigenvalue weighted by Gasteiger charge is 2.42. The number of thiazole rings is 1. The lowest BCUT2D eigenvalue weighted by molar-refractivity contribution is 0.137. The van der Waals surface area contributed by atoms with Gasteiger partial charge in [-0.25, -0.2) is 4.98 Å². The molecule has 5 heteroatoms. The Morgan fingerprint density at radius 1 is 1.44 bits per heavy atom. The third kappa shape index (κ3) is 2.19. The highest BCUT2D eigenvalue weighted by Crippen LogP contribution is 2.48. The molecular weight excluding hydrogens is 242 g/mol. The third-order valence-electron chi connectivity index (χ3n) is 3.88. The highest BCUT2D eigenvalue weighted by atomic mass is 35.5. The van der Waals surface area contributed by atoms with E-state index in [-0.39, 0.29) is 12.4 Å². The zero-order valence-corrected chi connectivity index (χ0v) is 10.9. The van der Waals surface area contributed by atoms with Gasteiger partial charge in [-0.15, -0.1) is 23.7 Å². The third-order valence-corrected chi connectivity index (χ3v) is 4.69. The molecule has 3 rings (SSSR count). The van der Waals surface area contributed by atoms with Gasteiger partial charge in [0.2, 0.25) is 0 Å². The molecule has 0 bridgehead atoms. The molecule has 0 atom stereocenters. The number of anilines is 1. The van der Waals surface area contributed by atoms with Crippen LogP contribution in [0.1, 0.15) is 30.6 Å². The number of likely N-dealkylation sites (tertiary alicyclic amines) is 1. The minimum atomic E-state index is 0. The van der Waals surface area contributed by atoms with E-state index in [1.807, 2.05) is 6.20 Å². The van der Waals surface area contributed by atoms with E-state index in [4.69, 9.17) is 5.73 Å². The average Bonchev–Trinajstić information content (AvgIpc) is 2.72. The van der Waals surface area contributed by atoms with Gasteiger partial charge in [-0.1, -0.05) is 6.42 Å². The lowest BCUT2D eigenvalue weighted by Crippen LogP contribution is -2.32. The first kappa shape index (κ1) is 12.1. The Morgan fingerprint density at radius 3 is 2.75 bits per heavy atom. The number of halogens is 1. The molecule has 16 heavy (non-hydrogen) atoms. The van der Waals surface area contributed by atoms with Crippen molar-refractivity contribution in [1.82, 2.24) is 9.88 Å². The largest absolute Gasteiger partial charge is 0.375 e. The zero-order valence-electron chi connectivity index (χ0n) is 9.32. The van der Waals surface area contributed by atoms with Crippen molar-refractivity contribution in [2.75, 3.05) is 18.8 Å². The van der Waals surface area contributed by atoms with Crippen LogP contribution in [0, 0.1) is 5.41 Å². The molecule has 2 aliphatic rings. The van der Waals surface area contributed by atoms with Gasteiger partial charge in [0.05, 0.1) is 0 Å². The minimum Gasteiger partial charge on any atom is -0.375 e. The smallest absolute Gasteiger partial charge is 0.180 e. The summed E-state index contributed by atoms with van der Waals surface area (Å²) in [5, 5.41) is 0.697. The summed E-state index contributed by atoms with van der Waals surface area (Å²) in [5.41, 5.74) is 6.34. The highest BCUT2D eigenvalue weighted by molar-refractivity contribution is 7.15. The molecule has 2 N–H and O–H groups in total. The maximum absolute atomic E-state index is 5.63. The maximum Gasteiger partial charge on any atom is 0.180 e. The molecule has 1 aromatic heterocycles. The Kier molecular flexibility index (Phi) is 3.42. The molecule has 2 fully saturated rings. The summed E-state index contributed by atoms with van der Waals surface area (Å²) in [6.45, 7) is 3.61. The molecule has 2 heterocycles. The van der Waals surface area contributed by atoms with Crippen LogP contribution < -0.4 is 5.73 Å². The predicted octanol–water partition coefficient (Wildman–Crippen LogP) is 2.52. The van der Waals surface area contributed by atoms with Crippen molar-refractivity contribution in [2.24, 2.45) is 5.41 Å². The van der Waals surface area contributed by atoms with Crippen molar-refractivity contribution in [3.63, 3.8) is 0 Å². The molecular formula is C11H18ClN3S. The SMILES string of the molecule is Cl.Nc1ncc(CN2CCC3(CCC3)C2)s1. The molecule has 90 valence electrons. The molecule has 3 nitrogen and oxygen atoms in total. The van der Waals surface area contributed by atoms with E-state index in [2.05, 4.69) is 9.88 Å². The Balaban J connectivity index is 0.000000963. The van der Waals surface area contributed by atoms with E-state index in [0.717, 1.165) is 6.54 Å². The van der Waals surface area contributed by atoms with Gasteiger partial charge >= 0.3 is 0 Å². The van der Waals surface area contributed by atoms with Gasteiger partial charge in [0.1, 0.15) is 0 Å². The Labute approximate surface area is 106 Å². The first-order valence-electron chi connectivity index (χ1n) is 5.68. The molecule has 1 saturated heterocycles. The number of nitrogens with zero attached hydrogens (tertiary/aromatic N) is 2. The van der Waals surface area contributed by atoms with Crippen molar-refractivity contribution in [3.8, 4) is 0 Å². The van der Waals surface area contributed by atoms with Gasteiger partial charge in [-0.2, -0.15) is 0 Å². The van der Waals surface area contributed by atoms with Gasteiger partial charge in [0.15, 0.2) is 5.13 Å². The van der Waals surface area contributed by atoms with E-state index < -0.39 is 0 Å². The summed E-state index contributed by atoms with van der Waals surface area (Å²) in [5.74, 6) is 0. The quantitative estimate of drug-likeness (QED) is 0.888. The number of hydrogen-bond acceptors (Lipinski definition) is 4. The monoisotopic (exact) mass is 259 g/mol. The number of hydrogen-bond donors (Lipinski definition) is 1. The second kappa shape index (κ2) is 4.51. The molecule has 1 spiro atoms. The van der Waals surface area contributed by atoms with Crippen LogP contribution in [0.2, 0.25) is 0 Å². The van der Waals surface area contributed by atoms with E-state index in [1.54, 1.807) is 11.3 Å². The Hall–Kier alpha value is -0.320. The molecule has 1 saturated carbocycles. The number of nitrogen functional groups attached to an aromatic ring is 1. The summed E-state index contributed by atoms with van der Waals surface area (Å²) in [7, 11) is 0. The second-order valence-corrected chi connectivity index (χ2v) is 6.13. The van der Waals surface area contributed by atoms with Gasteiger partial charge in [0, 0.05) is 24.2 Å². The van der Waals surface area contributed by atoms with Gasteiger partial charge < -0.3 is 5.73 Å².